The second-order valence-corrected chi connectivity index (χ2v) is 3.86. The maximum atomic E-state index is 11.0. The molecule has 0 aromatic rings. The Balaban J connectivity index is 2.42. The van der Waals surface area contributed by atoms with Crippen LogP contribution in [0.5, 0.6) is 0 Å². The van der Waals surface area contributed by atoms with E-state index in [-0.39, 0.29) is 0 Å². The molecule has 0 bridgehead atoms. The molecule has 2 atom stereocenters. The Morgan fingerprint density at radius 1 is 1.67 bits per heavy atom. The highest BCUT2D eigenvalue weighted by Crippen LogP contribution is 2.21. The Kier molecular flexibility index (Phi) is 3.27. The first kappa shape index (κ1) is 9.72. The van der Waals surface area contributed by atoms with Crippen LogP contribution in [0, 0.1) is 0 Å². The minimum Gasteiger partial charge on any atom is -0.300 e. The third kappa shape index (κ3) is 2.07. The molecule has 1 rings (SSSR count). The predicted molar refractivity (Wildman–Crippen MR) is 50.2 cm³/mol. The van der Waals surface area contributed by atoms with Gasteiger partial charge < -0.3 is 4.90 Å². The number of carbonyl (C=O) groups is 1. The Labute approximate surface area is 74.9 Å². The van der Waals surface area contributed by atoms with Gasteiger partial charge in [-0.3, -0.25) is 4.79 Å². The summed E-state index contributed by atoms with van der Waals surface area (Å²) < 4.78 is 0. The predicted octanol–water partition coefficient (Wildman–Crippen LogP) is 1.84. The van der Waals surface area contributed by atoms with Crippen molar-refractivity contribution in [1.29, 1.82) is 0 Å². The first-order valence-electron chi connectivity index (χ1n) is 4.88. The van der Waals surface area contributed by atoms with Crippen molar-refractivity contribution in [3.05, 3.63) is 0 Å². The fourth-order valence-corrected chi connectivity index (χ4v) is 1.79. The molecule has 2 heteroatoms. The van der Waals surface area contributed by atoms with E-state index in [1.165, 1.54) is 6.42 Å². The maximum Gasteiger partial charge on any atom is 0.134 e. The van der Waals surface area contributed by atoms with E-state index in [2.05, 4.69) is 25.8 Å². The van der Waals surface area contributed by atoms with E-state index in [9.17, 15) is 4.79 Å². The van der Waals surface area contributed by atoms with E-state index in [1.807, 2.05) is 0 Å². The lowest BCUT2D eigenvalue weighted by Gasteiger charge is -2.29. The van der Waals surface area contributed by atoms with Gasteiger partial charge in [-0.1, -0.05) is 6.92 Å². The summed E-state index contributed by atoms with van der Waals surface area (Å²) in [6.45, 7) is 4.42. The molecule has 2 unspecified atom stereocenters. The normalized spacial score (nSPS) is 26.7. The topological polar surface area (TPSA) is 20.3 Å². The van der Waals surface area contributed by atoms with E-state index >= 15 is 0 Å². The minimum absolute atomic E-state index is 0.440. The number of carbonyl (C=O) groups excluding carboxylic acids is 1. The van der Waals surface area contributed by atoms with Crippen molar-refractivity contribution in [2.75, 3.05) is 7.05 Å². The molecule has 70 valence electrons. The molecule has 0 aromatic carbocycles. The highest BCUT2D eigenvalue weighted by atomic mass is 16.1. The Hall–Kier alpha value is -0.370. The van der Waals surface area contributed by atoms with Crippen LogP contribution in [-0.2, 0) is 4.79 Å². The summed E-state index contributed by atoms with van der Waals surface area (Å²) in [5.41, 5.74) is 0. The number of nitrogens with zero attached hydrogens (tertiary/aromatic N) is 1. The number of hydrogen-bond acceptors (Lipinski definition) is 2. The summed E-state index contributed by atoms with van der Waals surface area (Å²) in [6.07, 6.45) is 3.81. The van der Waals surface area contributed by atoms with Crippen molar-refractivity contribution in [2.24, 2.45) is 0 Å². The van der Waals surface area contributed by atoms with Gasteiger partial charge in [-0.2, -0.15) is 0 Å². The number of rotatable bonds is 3. The van der Waals surface area contributed by atoms with Gasteiger partial charge >= 0.3 is 0 Å². The Bertz CT molecular complexity index is 167. The molecule has 0 aliphatic heterocycles. The Morgan fingerprint density at radius 3 is 2.75 bits per heavy atom. The van der Waals surface area contributed by atoms with Crippen LogP contribution >= 0.6 is 0 Å². The average molecular weight is 169 g/mol. The molecule has 0 heterocycles. The van der Waals surface area contributed by atoms with Gasteiger partial charge in [-0.05, 0) is 26.8 Å². The van der Waals surface area contributed by atoms with Gasteiger partial charge in [-0.25, -0.2) is 0 Å². The van der Waals surface area contributed by atoms with Crippen LogP contribution in [0.25, 0.3) is 0 Å². The molecule has 2 nitrogen and oxygen atoms in total. The lowest BCUT2D eigenvalue weighted by atomic mass is 10.1. The van der Waals surface area contributed by atoms with Crippen LogP contribution in [-0.4, -0.2) is 29.8 Å². The third-order valence-electron chi connectivity index (χ3n) is 3.08. The molecule has 0 amide bonds. The summed E-state index contributed by atoms with van der Waals surface area (Å²) in [4.78, 5) is 13.4. The summed E-state index contributed by atoms with van der Waals surface area (Å²) >= 11 is 0. The van der Waals surface area contributed by atoms with Crippen molar-refractivity contribution >= 4 is 5.78 Å². The standard InChI is InChI=1S/C10H19NO/c1-4-8(2)11(3)9-5-6-10(12)7-9/h8-9H,4-7H2,1-3H3. The molecule has 1 aliphatic rings. The summed E-state index contributed by atoms with van der Waals surface area (Å²) in [5, 5.41) is 0. The average Bonchev–Trinajstić information content (AvgIpc) is 2.49. The molecular weight excluding hydrogens is 150 g/mol. The zero-order valence-corrected chi connectivity index (χ0v) is 8.34. The highest BCUT2D eigenvalue weighted by Gasteiger charge is 2.27. The van der Waals surface area contributed by atoms with E-state index in [0.29, 0.717) is 17.9 Å². The highest BCUT2D eigenvalue weighted by molar-refractivity contribution is 5.81. The van der Waals surface area contributed by atoms with Crippen LogP contribution in [0.2, 0.25) is 0 Å². The van der Waals surface area contributed by atoms with Gasteiger partial charge in [0.25, 0.3) is 0 Å². The lowest BCUT2D eigenvalue weighted by molar-refractivity contribution is -0.117. The molecule has 1 saturated carbocycles. The second kappa shape index (κ2) is 4.04. The molecular formula is C10H19NO. The largest absolute Gasteiger partial charge is 0.300 e. The SMILES string of the molecule is CCC(C)N(C)C1CCC(=O)C1. The molecule has 0 saturated heterocycles. The first-order valence-corrected chi connectivity index (χ1v) is 4.88. The fourth-order valence-electron chi connectivity index (χ4n) is 1.79. The summed E-state index contributed by atoms with van der Waals surface area (Å²) in [5.74, 6) is 0.440. The quantitative estimate of drug-likeness (QED) is 0.642. The fraction of sp³-hybridized carbons (Fsp3) is 0.900. The van der Waals surface area contributed by atoms with E-state index < -0.39 is 0 Å². The Morgan fingerprint density at radius 2 is 2.33 bits per heavy atom. The van der Waals surface area contributed by atoms with E-state index in [0.717, 1.165) is 19.3 Å². The van der Waals surface area contributed by atoms with Crippen LogP contribution in [0.15, 0.2) is 0 Å². The van der Waals surface area contributed by atoms with Crippen LogP contribution < -0.4 is 0 Å². The van der Waals surface area contributed by atoms with E-state index in [1.54, 1.807) is 0 Å². The smallest absolute Gasteiger partial charge is 0.134 e. The number of Topliss-reactive ketones (excluding diaryl/α,β-unsaturated/α-hetero) is 1. The third-order valence-corrected chi connectivity index (χ3v) is 3.08. The van der Waals surface area contributed by atoms with Gasteiger partial charge in [0.1, 0.15) is 5.78 Å². The van der Waals surface area contributed by atoms with Crippen molar-refractivity contribution in [1.82, 2.24) is 4.90 Å². The van der Waals surface area contributed by atoms with Crippen molar-refractivity contribution in [2.45, 2.75) is 51.6 Å². The zero-order chi connectivity index (χ0) is 9.14. The molecule has 1 aliphatic carbocycles. The molecule has 0 N–H and O–H groups in total. The second-order valence-electron chi connectivity index (χ2n) is 3.86. The molecule has 0 spiro atoms. The van der Waals surface area contributed by atoms with Gasteiger partial charge in [0.2, 0.25) is 0 Å². The number of hydrogen-bond donors (Lipinski definition) is 0. The van der Waals surface area contributed by atoms with Crippen LogP contribution in [0.1, 0.15) is 39.5 Å². The molecule has 0 radical (unpaired) electrons. The van der Waals surface area contributed by atoms with E-state index in [4.69, 9.17) is 0 Å². The van der Waals surface area contributed by atoms with Gasteiger partial charge in [0.15, 0.2) is 0 Å². The van der Waals surface area contributed by atoms with Crippen LogP contribution in [0.3, 0.4) is 0 Å². The van der Waals surface area contributed by atoms with Crippen molar-refractivity contribution < 1.29 is 4.79 Å². The molecule has 12 heavy (non-hydrogen) atoms. The monoisotopic (exact) mass is 169 g/mol. The minimum atomic E-state index is 0.440. The van der Waals surface area contributed by atoms with Crippen LogP contribution in [0.4, 0.5) is 0 Å². The zero-order valence-electron chi connectivity index (χ0n) is 8.34. The van der Waals surface area contributed by atoms with Gasteiger partial charge in [0, 0.05) is 24.9 Å². The first-order chi connectivity index (χ1) is 5.65. The van der Waals surface area contributed by atoms with Crippen molar-refractivity contribution in [3.8, 4) is 0 Å². The lowest BCUT2D eigenvalue weighted by Crippen LogP contribution is -2.36. The summed E-state index contributed by atoms with van der Waals surface area (Å²) in [7, 11) is 2.14. The van der Waals surface area contributed by atoms with Gasteiger partial charge in [0.05, 0.1) is 0 Å². The van der Waals surface area contributed by atoms with Gasteiger partial charge in [-0.15, -0.1) is 0 Å². The van der Waals surface area contributed by atoms with Crippen molar-refractivity contribution in [3.63, 3.8) is 0 Å². The molecule has 1 fully saturated rings. The molecule has 0 aromatic heterocycles. The summed E-state index contributed by atoms with van der Waals surface area (Å²) in [6, 6.07) is 1.13. The number of ketones is 1. The maximum absolute atomic E-state index is 11.0.